The van der Waals surface area contributed by atoms with Crippen molar-refractivity contribution in [3.8, 4) is 0 Å². The largest absolute Gasteiger partial charge is 0.381 e. The van der Waals surface area contributed by atoms with Crippen molar-refractivity contribution >= 4 is 5.96 Å². The van der Waals surface area contributed by atoms with E-state index in [0.29, 0.717) is 5.92 Å². The third-order valence-corrected chi connectivity index (χ3v) is 6.23. The number of ether oxygens (including phenoxy) is 2. The van der Waals surface area contributed by atoms with Crippen LogP contribution in [0.1, 0.15) is 56.1 Å². The van der Waals surface area contributed by atoms with Crippen molar-refractivity contribution < 1.29 is 9.47 Å². The molecule has 0 amide bonds. The molecule has 0 aliphatic carbocycles. The minimum absolute atomic E-state index is 0.672. The van der Waals surface area contributed by atoms with Crippen LogP contribution in [0.15, 0.2) is 29.3 Å². The Balaban J connectivity index is 1.30. The van der Waals surface area contributed by atoms with Crippen LogP contribution in [0, 0.1) is 5.92 Å². The molecule has 31 heavy (non-hydrogen) atoms. The van der Waals surface area contributed by atoms with Gasteiger partial charge >= 0.3 is 0 Å². The fourth-order valence-corrected chi connectivity index (χ4v) is 4.34. The molecule has 6 nitrogen and oxygen atoms in total. The van der Waals surface area contributed by atoms with Crippen LogP contribution < -0.4 is 10.6 Å². The summed E-state index contributed by atoms with van der Waals surface area (Å²) in [4.78, 5) is 6.95. The lowest BCUT2D eigenvalue weighted by atomic mass is 10.0. The van der Waals surface area contributed by atoms with Gasteiger partial charge in [-0.25, -0.2) is 0 Å². The number of nitrogens with one attached hydrogen (secondary N) is 2. The van der Waals surface area contributed by atoms with Gasteiger partial charge in [0.15, 0.2) is 5.96 Å². The molecule has 2 heterocycles. The molecule has 2 N–H and O–H groups in total. The number of hydrogen-bond donors (Lipinski definition) is 2. The highest BCUT2D eigenvalue weighted by molar-refractivity contribution is 5.79. The summed E-state index contributed by atoms with van der Waals surface area (Å²) in [6, 6.07) is 8.95. The Kier molecular flexibility index (Phi) is 11.2. The molecular weight excluding hydrogens is 388 g/mol. The molecule has 0 saturated carbocycles. The Morgan fingerprint density at radius 2 is 1.87 bits per heavy atom. The molecule has 0 bridgehead atoms. The Morgan fingerprint density at radius 1 is 1.10 bits per heavy atom. The molecule has 174 valence electrons. The van der Waals surface area contributed by atoms with Crippen LogP contribution in [-0.4, -0.2) is 64.0 Å². The minimum atomic E-state index is 0.672. The van der Waals surface area contributed by atoms with E-state index in [1.807, 2.05) is 7.05 Å². The molecule has 0 unspecified atom stereocenters. The van der Waals surface area contributed by atoms with E-state index in [-0.39, 0.29) is 0 Å². The summed E-state index contributed by atoms with van der Waals surface area (Å²) in [6.45, 7) is 8.61. The van der Waals surface area contributed by atoms with Crippen molar-refractivity contribution in [2.24, 2.45) is 10.9 Å². The number of aliphatic imine (C=N–C) groups is 1. The Bertz CT molecular complexity index is 638. The maximum absolute atomic E-state index is 5.84. The molecule has 3 rings (SSSR count). The normalized spacial score (nSPS) is 19.2. The summed E-state index contributed by atoms with van der Waals surface area (Å²) in [7, 11) is 1.83. The fraction of sp³-hybridized carbons (Fsp3) is 0.720. The lowest BCUT2D eigenvalue weighted by Crippen LogP contribution is -2.37. The number of hydrogen-bond acceptors (Lipinski definition) is 4. The summed E-state index contributed by atoms with van der Waals surface area (Å²) < 4.78 is 11.2. The van der Waals surface area contributed by atoms with Crippen LogP contribution in [-0.2, 0) is 22.6 Å². The molecule has 1 aromatic carbocycles. The van der Waals surface area contributed by atoms with E-state index in [1.165, 1.54) is 49.9 Å². The van der Waals surface area contributed by atoms with Gasteiger partial charge in [0.2, 0.25) is 0 Å². The molecule has 2 saturated heterocycles. The second-order valence-electron chi connectivity index (χ2n) is 8.85. The molecule has 2 aliphatic rings. The van der Waals surface area contributed by atoms with Crippen LogP contribution in [0.2, 0.25) is 0 Å². The third-order valence-electron chi connectivity index (χ3n) is 6.23. The van der Waals surface area contributed by atoms with Crippen LogP contribution >= 0.6 is 0 Å². The predicted molar refractivity (Wildman–Crippen MR) is 127 cm³/mol. The standard InChI is InChI=1S/C25H42N4O2/c1-26-25(27-12-7-15-31-21-22-10-16-30-17-11-22)28-19-23-8-6-9-24(18-23)20-29-13-4-2-3-5-14-29/h6,8-9,18,22H,2-5,7,10-17,19-21H2,1H3,(H2,26,27,28). The van der Waals surface area contributed by atoms with Gasteiger partial charge in [0.05, 0.1) is 0 Å². The van der Waals surface area contributed by atoms with E-state index < -0.39 is 0 Å². The third kappa shape index (κ3) is 9.58. The SMILES string of the molecule is CN=C(NCCCOCC1CCOCC1)NCc1cccc(CN2CCCCCC2)c1. The van der Waals surface area contributed by atoms with Crippen LogP contribution in [0.4, 0.5) is 0 Å². The van der Waals surface area contributed by atoms with Gasteiger partial charge in [-0.1, -0.05) is 37.1 Å². The zero-order chi connectivity index (χ0) is 21.6. The molecule has 2 aliphatic heterocycles. The van der Waals surface area contributed by atoms with Crippen molar-refractivity contribution in [3.05, 3.63) is 35.4 Å². The van der Waals surface area contributed by atoms with Gasteiger partial charge in [0.1, 0.15) is 0 Å². The van der Waals surface area contributed by atoms with E-state index in [1.54, 1.807) is 0 Å². The monoisotopic (exact) mass is 430 g/mol. The molecule has 0 atom stereocenters. The summed E-state index contributed by atoms with van der Waals surface area (Å²) in [6.07, 6.45) is 8.69. The highest BCUT2D eigenvalue weighted by Gasteiger charge is 2.13. The van der Waals surface area contributed by atoms with Crippen molar-refractivity contribution in [3.63, 3.8) is 0 Å². The van der Waals surface area contributed by atoms with Gasteiger partial charge < -0.3 is 20.1 Å². The smallest absolute Gasteiger partial charge is 0.191 e. The van der Waals surface area contributed by atoms with E-state index in [4.69, 9.17) is 9.47 Å². The quantitative estimate of drug-likeness (QED) is 0.338. The first-order valence-electron chi connectivity index (χ1n) is 12.2. The van der Waals surface area contributed by atoms with Crippen molar-refractivity contribution in [1.29, 1.82) is 0 Å². The zero-order valence-electron chi connectivity index (χ0n) is 19.4. The van der Waals surface area contributed by atoms with E-state index in [9.17, 15) is 0 Å². The first kappa shape index (κ1) is 24.0. The van der Waals surface area contributed by atoms with E-state index >= 15 is 0 Å². The first-order valence-corrected chi connectivity index (χ1v) is 12.2. The highest BCUT2D eigenvalue weighted by Crippen LogP contribution is 2.15. The number of guanidine groups is 1. The Morgan fingerprint density at radius 3 is 2.65 bits per heavy atom. The van der Waals surface area contributed by atoms with Gasteiger partial charge in [0, 0.05) is 53.1 Å². The van der Waals surface area contributed by atoms with Crippen molar-refractivity contribution in [1.82, 2.24) is 15.5 Å². The lowest BCUT2D eigenvalue weighted by Gasteiger charge is -2.21. The Hall–Kier alpha value is -1.63. The second kappa shape index (κ2) is 14.4. The Labute approximate surface area is 188 Å². The van der Waals surface area contributed by atoms with Gasteiger partial charge in [-0.3, -0.25) is 9.89 Å². The molecule has 6 heteroatoms. The topological polar surface area (TPSA) is 58.1 Å². The van der Waals surface area contributed by atoms with Crippen LogP contribution in [0.25, 0.3) is 0 Å². The maximum atomic E-state index is 5.84. The highest BCUT2D eigenvalue weighted by atomic mass is 16.5. The average Bonchev–Trinajstić information content (AvgIpc) is 3.08. The number of likely N-dealkylation sites (tertiary alicyclic amines) is 1. The van der Waals surface area contributed by atoms with Crippen LogP contribution in [0.3, 0.4) is 0 Å². The van der Waals surface area contributed by atoms with Crippen LogP contribution in [0.5, 0.6) is 0 Å². The molecule has 1 aromatic rings. The number of benzene rings is 1. The van der Waals surface area contributed by atoms with Gasteiger partial charge in [-0.2, -0.15) is 0 Å². The summed E-state index contributed by atoms with van der Waals surface area (Å²) in [5.74, 6) is 1.52. The first-order chi connectivity index (χ1) is 15.3. The predicted octanol–water partition coefficient (Wildman–Crippen LogP) is 3.56. The van der Waals surface area contributed by atoms with E-state index in [0.717, 1.165) is 71.3 Å². The van der Waals surface area contributed by atoms with Gasteiger partial charge in [-0.15, -0.1) is 0 Å². The zero-order valence-corrected chi connectivity index (χ0v) is 19.4. The van der Waals surface area contributed by atoms with Gasteiger partial charge in [-0.05, 0) is 62.2 Å². The lowest BCUT2D eigenvalue weighted by molar-refractivity contribution is 0.0203. The fourth-order valence-electron chi connectivity index (χ4n) is 4.34. The molecular formula is C25H42N4O2. The second-order valence-corrected chi connectivity index (χ2v) is 8.85. The molecule has 0 spiro atoms. The molecule has 0 aromatic heterocycles. The van der Waals surface area contributed by atoms with Gasteiger partial charge in [0.25, 0.3) is 0 Å². The number of nitrogens with zero attached hydrogens (tertiary/aromatic N) is 2. The van der Waals surface area contributed by atoms with Crippen molar-refractivity contribution in [2.75, 3.05) is 53.1 Å². The van der Waals surface area contributed by atoms with E-state index in [2.05, 4.69) is 44.8 Å². The summed E-state index contributed by atoms with van der Waals surface area (Å²) in [5.41, 5.74) is 2.71. The molecule has 0 radical (unpaired) electrons. The summed E-state index contributed by atoms with van der Waals surface area (Å²) >= 11 is 0. The minimum Gasteiger partial charge on any atom is -0.381 e. The van der Waals surface area contributed by atoms with Crippen molar-refractivity contribution in [2.45, 2.75) is 58.0 Å². The summed E-state index contributed by atoms with van der Waals surface area (Å²) in [5, 5.41) is 6.84. The maximum Gasteiger partial charge on any atom is 0.191 e. The number of rotatable bonds is 10. The average molecular weight is 431 g/mol. The molecule has 2 fully saturated rings.